The molecule has 2 rings (SSSR count). The van der Waals surface area contributed by atoms with Crippen molar-refractivity contribution >= 4 is 22.6 Å². The number of rotatable bonds is 3. The molecule has 0 aromatic heterocycles. The molecule has 1 saturated heterocycles. The first-order valence-corrected chi connectivity index (χ1v) is 7.13. The molecule has 1 radical (unpaired) electrons. The molecule has 0 saturated carbocycles. The third kappa shape index (κ3) is 2.51. The zero-order chi connectivity index (χ0) is 12.5. The number of hydrogen-bond acceptors (Lipinski definition) is 2. The molecule has 2 atom stereocenters. The van der Waals surface area contributed by atoms with Crippen molar-refractivity contribution in [2.45, 2.75) is 44.7 Å². The highest BCUT2D eigenvalue weighted by Gasteiger charge is 2.44. The van der Waals surface area contributed by atoms with Crippen LogP contribution in [-0.4, -0.2) is 11.9 Å². The van der Waals surface area contributed by atoms with Crippen LogP contribution in [-0.2, 0) is 9.47 Å². The maximum atomic E-state index is 6.14. The second-order valence-corrected chi connectivity index (χ2v) is 5.50. The minimum Gasteiger partial charge on any atom is -0.344 e. The summed E-state index contributed by atoms with van der Waals surface area (Å²) in [6.07, 6.45) is 1.53. The molecule has 1 aliphatic heterocycles. The molecule has 0 unspecified atom stereocenters. The summed E-state index contributed by atoms with van der Waals surface area (Å²) in [5, 5.41) is 0. The summed E-state index contributed by atoms with van der Waals surface area (Å²) < 4.78 is 13.3. The topological polar surface area (TPSA) is 18.5 Å². The normalized spacial score (nSPS) is 27.3. The van der Waals surface area contributed by atoms with Gasteiger partial charge < -0.3 is 9.47 Å². The average Bonchev–Trinajstić information content (AvgIpc) is 2.68. The first-order valence-electron chi connectivity index (χ1n) is 6.05. The number of hydrogen-bond donors (Lipinski definition) is 0. The lowest BCUT2D eigenvalue weighted by Crippen LogP contribution is -2.28. The molecule has 0 aliphatic carbocycles. The fraction of sp³-hybridized carbons (Fsp3) is 0.500. The fourth-order valence-corrected chi connectivity index (χ4v) is 2.92. The Morgan fingerprint density at radius 1 is 1.24 bits per heavy atom. The maximum Gasteiger partial charge on any atom is 0.169 e. The van der Waals surface area contributed by atoms with Crippen molar-refractivity contribution in [3.8, 4) is 0 Å². The predicted molar refractivity (Wildman–Crippen MR) is 76.5 cm³/mol. The molecule has 17 heavy (non-hydrogen) atoms. The SMILES string of the molecule is [CH2][C@H]1OC(CC)(CC)O[C@@H]1c1ccccc1I. The van der Waals surface area contributed by atoms with E-state index in [1.54, 1.807) is 0 Å². The van der Waals surface area contributed by atoms with Crippen molar-refractivity contribution in [1.82, 2.24) is 0 Å². The standard InChI is InChI=1S/C14H18IO2/c1-4-14(5-2)16-10(3)13(17-14)11-8-6-7-9-12(11)15/h6-10,13H,3-5H2,1-2H3/t10-,13+/m1/s1. The van der Waals surface area contributed by atoms with Gasteiger partial charge in [-0.3, -0.25) is 0 Å². The lowest BCUT2D eigenvalue weighted by molar-refractivity contribution is -0.177. The predicted octanol–water partition coefficient (Wildman–Crippen LogP) is 4.10. The van der Waals surface area contributed by atoms with Gasteiger partial charge >= 0.3 is 0 Å². The Bertz CT molecular complexity index is 388. The van der Waals surface area contributed by atoms with Gasteiger partial charge in [-0.2, -0.15) is 0 Å². The van der Waals surface area contributed by atoms with Gasteiger partial charge in [0.25, 0.3) is 0 Å². The van der Waals surface area contributed by atoms with Gasteiger partial charge in [-0.05, 0) is 54.0 Å². The molecular weight excluding hydrogens is 327 g/mol. The van der Waals surface area contributed by atoms with Gasteiger partial charge in [-0.15, -0.1) is 0 Å². The van der Waals surface area contributed by atoms with Crippen LogP contribution in [0.15, 0.2) is 24.3 Å². The first kappa shape index (κ1) is 13.3. The highest BCUT2D eigenvalue weighted by atomic mass is 127. The van der Waals surface area contributed by atoms with E-state index in [1.807, 2.05) is 12.1 Å². The van der Waals surface area contributed by atoms with Crippen molar-refractivity contribution in [3.63, 3.8) is 0 Å². The van der Waals surface area contributed by atoms with Gasteiger partial charge in [0.1, 0.15) is 6.10 Å². The van der Waals surface area contributed by atoms with E-state index in [0.29, 0.717) is 0 Å². The summed E-state index contributed by atoms with van der Waals surface area (Å²) in [7, 11) is 0. The van der Waals surface area contributed by atoms with Crippen LogP contribution < -0.4 is 0 Å². The van der Waals surface area contributed by atoms with E-state index >= 15 is 0 Å². The van der Waals surface area contributed by atoms with E-state index < -0.39 is 5.79 Å². The molecule has 3 heteroatoms. The van der Waals surface area contributed by atoms with Crippen molar-refractivity contribution in [2.24, 2.45) is 0 Å². The van der Waals surface area contributed by atoms with Crippen molar-refractivity contribution in [3.05, 3.63) is 40.3 Å². The van der Waals surface area contributed by atoms with Crippen LogP contribution in [0.5, 0.6) is 0 Å². The minimum absolute atomic E-state index is 0.0528. The van der Waals surface area contributed by atoms with E-state index in [0.717, 1.165) is 12.8 Å². The monoisotopic (exact) mass is 345 g/mol. The molecule has 0 N–H and O–H groups in total. The van der Waals surface area contributed by atoms with Crippen LogP contribution in [0, 0.1) is 10.5 Å². The van der Waals surface area contributed by atoms with Gasteiger partial charge in [0.05, 0.1) is 6.10 Å². The second kappa shape index (κ2) is 5.24. The molecule has 93 valence electrons. The van der Waals surface area contributed by atoms with E-state index in [2.05, 4.69) is 55.5 Å². The van der Waals surface area contributed by atoms with Crippen LogP contribution in [0.3, 0.4) is 0 Å². The number of ether oxygens (including phenoxy) is 2. The largest absolute Gasteiger partial charge is 0.344 e. The zero-order valence-electron chi connectivity index (χ0n) is 10.3. The maximum absolute atomic E-state index is 6.14. The summed E-state index contributed by atoms with van der Waals surface area (Å²) in [6.45, 7) is 8.26. The molecule has 1 aromatic carbocycles. The molecule has 0 bridgehead atoms. The van der Waals surface area contributed by atoms with Crippen molar-refractivity contribution in [1.29, 1.82) is 0 Å². The summed E-state index contributed by atoms with van der Waals surface area (Å²) in [5.41, 5.74) is 1.18. The third-order valence-corrected chi connectivity index (χ3v) is 4.32. The van der Waals surface area contributed by atoms with Gasteiger partial charge in [0.15, 0.2) is 5.79 Å². The summed E-state index contributed by atoms with van der Waals surface area (Å²) in [6, 6.07) is 8.25. The van der Waals surface area contributed by atoms with Crippen molar-refractivity contribution < 1.29 is 9.47 Å². The van der Waals surface area contributed by atoms with Crippen LogP contribution in [0.4, 0.5) is 0 Å². The smallest absolute Gasteiger partial charge is 0.169 e. The molecule has 1 heterocycles. The highest BCUT2D eigenvalue weighted by molar-refractivity contribution is 14.1. The summed E-state index contributed by atoms with van der Waals surface area (Å²) in [5.74, 6) is -0.448. The minimum atomic E-state index is -0.448. The van der Waals surface area contributed by atoms with Gasteiger partial charge in [0.2, 0.25) is 0 Å². The zero-order valence-corrected chi connectivity index (χ0v) is 12.4. The molecule has 0 spiro atoms. The molecule has 1 fully saturated rings. The quantitative estimate of drug-likeness (QED) is 0.768. The fourth-order valence-electron chi connectivity index (χ4n) is 2.23. The highest BCUT2D eigenvalue weighted by Crippen LogP contribution is 2.42. The Morgan fingerprint density at radius 3 is 2.41 bits per heavy atom. The van der Waals surface area contributed by atoms with Crippen LogP contribution in [0.25, 0.3) is 0 Å². The molecule has 0 amide bonds. The first-order chi connectivity index (χ1) is 8.12. The number of benzene rings is 1. The lowest BCUT2D eigenvalue weighted by atomic mass is 10.1. The van der Waals surface area contributed by atoms with E-state index in [9.17, 15) is 0 Å². The van der Waals surface area contributed by atoms with Crippen LogP contribution in [0.1, 0.15) is 38.4 Å². The molecular formula is C14H18IO2. The third-order valence-electron chi connectivity index (χ3n) is 3.33. The van der Waals surface area contributed by atoms with Gasteiger partial charge in [0, 0.05) is 3.57 Å². The Kier molecular flexibility index (Phi) is 4.10. The number of halogens is 1. The Labute approximate surface area is 117 Å². The van der Waals surface area contributed by atoms with Gasteiger partial charge in [-0.1, -0.05) is 32.0 Å². The van der Waals surface area contributed by atoms with E-state index in [1.165, 1.54) is 9.13 Å². The molecule has 2 nitrogen and oxygen atoms in total. The van der Waals surface area contributed by atoms with E-state index in [-0.39, 0.29) is 12.2 Å². The van der Waals surface area contributed by atoms with E-state index in [4.69, 9.17) is 9.47 Å². The van der Waals surface area contributed by atoms with Crippen molar-refractivity contribution in [2.75, 3.05) is 0 Å². The molecule has 1 aromatic rings. The van der Waals surface area contributed by atoms with Crippen LogP contribution >= 0.6 is 22.6 Å². The second-order valence-electron chi connectivity index (χ2n) is 4.33. The van der Waals surface area contributed by atoms with Gasteiger partial charge in [-0.25, -0.2) is 0 Å². The lowest BCUT2D eigenvalue weighted by Gasteiger charge is -2.25. The molecule has 1 aliphatic rings. The Morgan fingerprint density at radius 2 is 1.88 bits per heavy atom. The Balaban J connectivity index is 2.27. The Hall–Kier alpha value is -0.130. The summed E-state index contributed by atoms with van der Waals surface area (Å²) in [4.78, 5) is 0. The summed E-state index contributed by atoms with van der Waals surface area (Å²) >= 11 is 2.33. The van der Waals surface area contributed by atoms with Crippen LogP contribution in [0.2, 0.25) is 0 Å². The average molecular weight is 345 g/mol.